The average molecular weight is 507 g/mol. The molecule has 4 rings (SSSR count). The Morgan fingerprint density at radius 2 is 1.67 bits per heavy atom. The van der Waals surface area contributed by atoms with Crippen molar-refractivity contribution in [2.24, 2.45) is 0 Å². The van der Waals surface area contributed by atoms with Gasteiger partial charge in [0.2, 0.25) is 0 Å². The van der Waals surface area contributed by atoms with Crippen LogP contribution in [0.3, 0.4) is 0 Å². The van der Waals surface area contributed by atoms with Crippen molar-refractivity contribution in [3.05, 3.63) is 92.8 Å². The van der Waals surface area contributed by atoms with Gasteiger partial charge in [-0.25, -0.2) is 14.6 Å². The van der Waals surface area contributed by atoms with E-state index < -0.39 is 5.97 Å². The number of fused-ring (bicyclic) bond motifs is 1. The summed E-state index contributed by atoms with van der Waals surface area (Å²) in [7, 11) is 0. The molecule has 4 aromatic rings. The minimum absolute atomic E-state index is 0.0844. The highest BCUT2D eigenvalue weighted by Crippen LogP contribution is 2.27. The van der Waals surface area contributed by atoms with Crippen LogP contribution in [0.5, 0.6) is 5.75 Å². The maximum Gasteiger partial charge on any atom is 0.348 e. The van der Waals surface area contributed by atoms with E-state index in [1.807, 2.05) is 37.3 Å². The second kappa shape index (κ2) is 11.6. The summed E-state index contributed by atoms with van der Waals surface area (Å²) in [6.07, 6.45) is 2.22. The van der Waals surface area contributed by atoms with E-state index >= 15 is 0 Å². The highest BCUT2D eigenvalue weighted by atomic mass is 32.1. The lowest BCUT2D eigenvalue weighted by atomic mass is 10.1. The zero-order valence-electron chi connectivity index (χ0n) is 20.1. The van der Waals surface area contributed by atoms with E-state index in [-0.39, 0.29) is 31.3 Å². The van der Waals surface area contributed by atoms with Crippen molar-refractivity contribution in [3.63, 3.8) is 0 Å². The number of aromatic nitrogens is 2. The van der Waals surface area contributed by atoms with E-state index in [0.29, 0.717) is 38.6 Å². The number of aryl methyl sites for hydroxylation is 1. The van der Waals surface area contributed by atoms with Gasteiger partial charge in [-0.3, -0.25) is 9.36 Å². The molecule has 0 bridgehead atoms. The molecular weight excluding hydrogens is 480 g/mol. The smallest absolute Gasteiger partial charge is 0.348 e. The van der Waals surface area contributed by atoms with Crippen molar-refractivity contribution in [1.29, 1.82) is 0 Å². The van der Waals surface area contributed by atoms with Crippen molar-refractivity contribution in [3.8, 4) is 5.75 Å². The van der Waals surface area contributed by atoms with Gasteiger partial charge >= 0.3 is 11.9 Å². The average Bonchev–Trinajstić information content (AvgIpc) is 3.24. The molecule has 8 nitrogen and oxygen atoms in total. The molecule has 0 saturated carbocycles. The number of esters is 2. The fourth-order valence-corrected chi connectivity index (χ4v) is 4.60. The third-order valence-corrected chi connectivity index (χ3v) is 6.59. The zero-order chi connectivity index (χ0) is 25.5. The van der Waals surface area contributed by atoms with Gasteiger partial charge in [-0.1, -0.05) is 37.3 Å². The summed E-state index contributed by atoms with van der Waals surface area (Å²) < 4.78 is 17.5. The first-order chi connectivity index (χ1) is 17.5. The van der Waals surface area contributed by atoms with Crippen LogP contribution in [0, 0.1) is 6.92 Å². The van der Waals surface area contributed by atoms with Crippen LogP contribution in [0.25, 0.3) is 10.2 Å². The summed E-state index contributed by atoms with van der Waals surface area (Å²) >= 11 is 1.14. The van der Waals surface area contributed by atoms with Gasteiger partial charge in [0.05, 0.1) is 30.4 Å². The minimum atomic E-state index is -0.511. The highest BCUT2D eigenvalue weighted by Gasteiger charge is 2.20. The molecule has 9 heteroatoms. The molecule has 0 N–H and O–H groups in total. The SMILES string of the molecule is CCCOC(=O)c1ccc(Cn2cnc3sc(C(=O)OCCOc4ccccc4)c(C)c3c2=O)cc1. The van der Waals surface area contributed by atoms with Crippen LogP contribution in [0.1, 0.15) is 44.5 Å². The Bertz CT molecular complexity index is 1410. The van der Waals surface area contributed by atoms with E-state index in [1.54, 1.807) is 31.2 Å². The lowest BCUT2D eigenvalue weighted by molar-refractivity contribution is 0.0454. The first kappa shape index (κ1) is 25.1. The molecule has 2 heterocycles. The molecule has 2 aromatic heterocycles. The Balaban J connectivity index is 1.43. The van der Waals surface area contributed by atoms with E-state index in [1.165, 1.54) is 10.9 Å². The normalized spacial score (nSPS) is 10.8. The predicted octanol–water partition coefficient (Wildman–Crippen LogP) is 4.62. The van der Waals surface area contributed by atoms with E-state index in [0.717, 1.165) is 23.3 Å². The lowest BCUT2D eigenvalue weighted by Gasteiger charge is -2.07. The number of carbonyl (C=O) groups excluding carboxylic acids is 2. The second-order valence-electron chi connectivity index (χ2n) is 8.04. The van der Waals surface area contributed by atoms with Crippen molar-refractivity contribution < 1.29 is 23.8 Å². The van der Waals surface area contributed by atoms with E-state index in [2.05, 4.69) is 4.98 Å². The van der Waals surface area contributed by atoms with Crippen molar-refractivity contribution >= 4 is 33.5 Å². The highest BCUT2D eigenvalue weighted by molar-refractivity contribution is 7.20. The monoisotopic (exact) mass is 506 g/mol. The van der Waals surface area contributed by atoms with Gasteiger partial charge in [0.1, 0.15) is 28.7 Å². The number of thiophene rings is 1. The molecule has 0 radical (unpaired) electrons. The van der Waals surface area contributed by atoms with Gasteiger partial charge in [0.25, 0.3) is 5.56 Å². The molecule has 2 aromatic carbocycles. The number of hydrogen-bond acceptors (Lipinski definition) is 8. The number of carbonyl (C=O) groups is 2. The lowest BCUT2D eigenvalue weighted by Crippen LogP contribution is -2.21. The van der Waals surface area contributed by atoms with Crippen LogP contribution in [-0.2, 0) is 16.0 Å². The Hall–Kier alpha value is -3.98. The van der Waals surface area contributed by atoms with Gasteiger partial charge < -0.3 is 14.2 Å². The minimum Gasteiger partial charge on any atom is -0.490 e. The summed E-state index contributed by atoms with van der Waals surface area (Å²) in [6.45, 7) is 4.61. The van der Waals surface area contributed by atoms with Crippen molar-refractivity contribution in [2.45, 2.75) is 26.8 Å². The first-order valence-corrected chi connectivity index (χ1v) is 12.4. The fourth-order valence-electron chi connectivity index (χ4n) is 3.56. The van der Waals surface area contributed by atoms with Gasteiger partial charge in [0, 0.05) is 0 Å². The Labute approximate surface area is 212 Å². The zero-order valence-corrected chi connectivity index (χ0v) is 20.9. The molecule has 0 amide bonds. The van der Waals surface area contributed by atoms with Crippen molar-refractivity contribution in [1.82, 2.24) is 9.55 Å². The number of hydrogen-bond donors (Lipinski definition) is 0. The van der Waals surface area contributed by atoms with Gasteiger partial charge in [0.15, 0.2) is 0 Å². The Morgan fingerprint density at radius 3 is 2.39 bits per heavy atom. The summed E-state index contributed by atoms with van der Waals surface area (Å²) in [6, 6.07) is 16.2. The molecular formula is C27H26N2O6S. The Morgan fingerprint density at radius 1 is 0.944 bits per heavy atom. The first-order valence-electron chi connectivity index (χ1n) is 11.6. The second-order valence-corrected chi connectivity index (χ2v) is 9.04. The number of benzene rings is 2. The van der Waals surface area contributed by atoms with Crippen LogP contribution in [0.15, 0.2) is 65.7 Å². The molecule has 0 aliphatic rings. The van der Waals surface area contributed by atoms with E-state index in [4.69, 9.17) is 14.2 Å². The molecule has 0 aliphatic carbocycles. The maximum atomic E-state index is 13.2. The van der Waals surface area contributed by atoms with Crippen LogP contribution < -0.4 is 10.3 Å². The maximum absolute atomic E-state index is 13.2. The number of para-hydroxylation sites is 1. The third-order valence-electron chi connectivity index (χ3n) is 5.41. The molecule has 0 saturated heterocycles. The standard InChI is InChI=1S/C27H26N2O6S/c1-3-13-34-26(31)20-11-9-19(10-12-20)16-29-17-28-24-22(25(29)30)18(2)23(36-24)27(32)35-15-14-33-21-7-5-4-6-8-21/h4-12,17H,3,13-16H2,1-2H3. The molecule has 36 heavy (non-hydrogen) atoms. The molecule has 0 unspecified atom stereocenters. The molecule has 186 valence electrons. The van der Waals surface area contributed by atoms with Gasteiger partial charge in [-0.2, -0.15) is 0 Å². The molecule has 0 atom stereocenters. The third kappa shape index (κ3) is 5.80. The topological polar surface area (TPSA) is 96.7 Å². The van der Waals surface area contributed by atoms with Crippen LogP contribution >= 0.6 is 11.3 Å². The summed E-state index contributed by atoms with van der Waals surface area (Å²) in [5, 5.41) is 0.398. The van der Waals surface area contributed by atoms with Crippen molar-refractivity contribution in [2.75, 3.05) is 19.8 Å². The van der Waals surface area contributed by atoms with Crippen LogP contribution in [0.4, 0.5) is 0 Å². The molecule has 0 spiro atoms. The largest absolute Gasteiger partial charge is 0.490 e. The summed E-state index contributed by atoms with van der Waals surface area (Å²) in [5.41, 5.74) is 1.59. The summed E-state index contributed by atoms with van der Waals surface area (Å²) in [4.78, 5) is 43.0. The molecule has 0 fully saturated rings. The molecule has 0 aliphatic heterocycles. The van der Waals surface area contributed by atoms with Crippen LogP contribution in [-0.4, -0.2) is 41.3 Å². The van der Waals surface area contributed by atoms with Gasteiger partial charge in [-0.15, -0.1) is 11.3 Å². The predicted molar refractivity (Wildman–Crippen MR) is 137 cm³/mol. The fraction of sp³-hybridized carbons (Fsp3) is 0.259. The summed E-state index contributed by atoms with van der Waals surface area (Å²) in [5.74, 6) is -0.185. The van der Waals surface area contributed by atoms with Gasteiger partial charge in [-0.05, 0) is 48.7 Å². The number of ether oxygens (including phenoxy) is 3. The quantitative estimate of drug-likeness (QED) is 0.229. The van der Waals surface area contributed by atoms with E-state index in [9.17, 15) is 14.4 Å². The van der Waals surface area contributed by atoms with Crippen LogP contribution in [0.2, 0.25) is 0 Å². The Kier molecular flexibility index (Phi) is 8.12. The number of rotatable bonds is 10. The number of nitrogens with zero attached hydrogens (tertiary/aromatic N) is 2.